The molecule has 0 heterocycles. The van der Waals surface area contributed by atoms with Crippen LogP contribution in [0.2, 0.25) is 0 Å². The number of hydrogen-bond donors (Lipinski definition) is 0. The Morgan fingerprint density at radius 1 is 0.545 bits per heavy atom. The SMILES string of the molecule is FC(F)=CC1CCC(C2CCC(C3CCCCC3)CC2)CC1. The number of hydrogen-bond acceptors (Lipinski definition) is 0. The van der Waals surface area contributed by atoms with Crippen LogP contribution in [0.5, 0.6) is 0 Å². The standard InChI is InChI=1S/C20H32F2/c21-20(22)14-15-6-8-17(9-7-15)19-12-10-18(11-13-19)16-4-2-1-3-5-16/h14-19H,1-13H2. The second-order valence-corrected chi connectivity index (χ2v) is 8.20. The van der Waals surface area contributed by atoms with Gasteiger partial charge in [0.15, 0.2) is 0 Å². The van der Waals surface area contributed by atoms with E-state index in [1.165, 1.54) is 76.7 Å². The minimum atomic E-state index is -1.48. The second kappa shape index (κ2) is 7.93. The van der Waals surface area contributed by atoms with Crippen molar-refractivity contribution in [3.63, 3.8) is 0 Å². The minimum Gasteiger partial charge on any atom is -0.174 e. The average Bonchev–Trinajstić information content (AvgIpc) is 2.56. The van der Waals surface area contributed by atoms with E-state index in [-0.39, 0.29) is 5.92 Å². The number of halogens is 2. The first-order valence-electron chi connectivity index (χ1n) is 9.75. The van der Waals surface area contributed by atoms with E-state index < -0.39 is 6.08 Å². The normalized spacial score (nSPS) is 37.7. The van der Waals surface area contributed by atoms with Crippen molar-refractivity contribution in [3.8, 4) is 0 Å². The maximum Gasteiger partial charge on any atom is 0.266 e. The molecule has 0 spiro atoms. The lowest BCUT2D eigenvalue weighted by Gasteiger charge is -2.40. The van der Waals surface area contributed by atoms with Gasteiger partial charge in [-0.3, -0.25) is 0 Å². The third kappa shape index (κ3) is 4.32. The molecule has 3 aliphatic rings. The van der Waals surface area contributed by atoms with Crippen molar-refractivity contribution in [1.29, 1.82) is 0 Å². The van der Waals surface area contributed by atoms with Gasteiger partial charge >= 0.3 is 0 Å². The van der Waals surface area contributed by atoms with Gasteiger partial charge in [-0.15, -0.1) is 0 Å². The van der Waals surface area contributed by atoms with Gasteiger partial charge in [-0.25, -0.2) is 0 Å². The Morgan fingerprint density at radius 3 is 1.41 bits per heavy atom. The topological polar surface area (TPSA) is 0 Å². The van der Waals surface area contributed by atoms with E-state index in [0.29, 0.717) is 0 Å². The molecule has 3 saturated carbocycles. The minimum absolute atomic E-state index is 0.153. The molecule has 3 rings (SSSR count). The molecule has 0 unspecified atom stereocenters. The van der Waals surface area contributed by atoms with Gasteiger partial charge in [-0.2, -0.15) is 8.78 Å². The monoisotopic (exact) mass is 310 g/mol. The average molecular weight is 310 g/mol. The molecule has 0 aromatic heterocycles. The van der Waals surface area contributed by atoms with E-state index >= 15 is 0 Å². The number of allylic oxidation sites excluding steroid dienone is 1. The van der Waals surface area contributed by atoms with Crippen LogP contribution in [0.3, 0.4) is 0 Å². The Kier molecular flexibility index (Phi) is 5.93. The molecule has 126 valence electrons. The van der Waals surface area contributed by atoms with Crippen molar-refractivity contribution in [2.75, 3.05) is 0 Å². The highest BCUT2D eigenvalue weighted by Gasteiger charge is 2.33. The fourth-order valence-electron chi connectivity index (χ4n) is 5.65. The van der Waals surface area contributed by atoms with Gasteiger partial charge in [0.2, 0.25) is 0 Å². The van der Waals surface area contributed by atoms with E-state index in [1.54, 1.807) is 0 Å². The Labute approximate surface area is 134 Å². The molecular weight excluding hydrogens is 278 g/mol. The van der Waals surface area contributed by atoms with Crippen LogP contribution in [-0.4, -0.2) is 0 Å². The third-order valence-electron chi connectivity index (χ3n) is 6.98. The van der Waals surface area contributed by atoms with E-state index in [0.717, 1.165) is 36.5 Å². The van der Waals surface area contributed by atoms with Gasteiger partial charge in [0.05, 0.1) is 0 Å². The maximum atomic E-state index is 12.4. The molecule has 0 bridgehead atoms. The summed E-state index contributed by atoms with van der Waals surface area (Å²) in [5.41, 5.74) is 0. The zero-order valence-electron chi connectivity index (χ0n) is 13.9. The van der Waals surface area contributed by atoms with Gasteiger partial charge in [0.1, 0.15) is 0 Å². The lowest BCUT2D eigenvalue weighted by molar-refractivity contribution is 0.117. The summed E-state index contributed by atoms with van der Waals surface area (Å²) in [5, 5.41) is 0. The Morgan fingerprint density at radius 2 is 0.955 bits per heavy atom. The highest BCUT2D eigenvalue weighted by Crippen LogP contribution is 2.45. The van der Waals surface area contributed by atoms with E-state index in [2.05, 4.69) is 0 Å². The van der Waals surface area contributed by atoms with Crippen molar-refractivity contribution < 1.29 is 8.78 Å². The smallest absolute Gasteiger partial charge is 0.174 e. The van der Waals surface area contributed by atoms with Crippen LogP contribution >= 0.6 is 0 Å². The van der Waals surface area contributed by atoms with Crippen molar-refractivity contribution >= 4 is 0 Å². The lowest BCUT2D eigenvalue weighted by Crippen LogP contribution is -2.28. The largest absolute Gasteiger partial charge is 0.266 e. The third-order valence-corrected chi connectivity index (χ3v) is 6.98. The zero-order chi connectivity index (χ0) is 15.4. The van der Waals surface area contributed by atoms with Crippen molar-refractivity contribution in [2.24, 2.45) is 29.6 Å². The van der Waals surface area contributed by atoms with Gasteiger partial charge < -0.3 is 0 Å². The molecule has 0 atom stereocenters. The van der Waals surface area contributed by atoms with E-state index in [9.17, 15) is 8.78 Å². The van der Waals surface area contributed by atoms with Crippen LogP contribution in [0.1, 0.15) is 83.5 Å². The predicted molar refractivity (Wildman–Crippen MR) is 87.8 cm³/mol. The molecule has 2 heteroatoms. The Balaban J connectivity index is 1.41. The summed E-state index contributed by atoms with van der Waals surface area (Å²) in [6, 6.07) is 0. The molecule has 0 aromatic carbocycles. The quantitative estimate of drug-likeness (QED) is 0.528. The molecule has 0 N–H and O–H groups in total. The maximum absolute atomic E-state index is 12.4. The van der Waals surface area contributed by atoms with Crippen molar-refractivity contribution in [1.82, 2.24) is 0 Å². The van der Waals surface area contributed by atoms with E-state index in [1.807, 2.05) is 0 Å². The van der Waals surface area contributed by atoms with E-state index in [4.69, 9.17) is 0 Å². The molecule has 3 aliphatic carbocycles. The van der Waals surface area contributed by atoms with Gasteiger partial charge in [-0.1, -0.05) is 32.1 Å². The zero-order valence-corrected chi connectivity index (χ0v) is 13.9. The van der Waals surface area contributed by atoms with Crippen LogP contribution < -0.4 is 0 Å². The lowest BCUT2D eigenvalue weighted by atomic mass is 9.66. The van der Waals surface area contributed by atoms with Crippen LogP contribution in [0.25, 0.3) is 0 Å². The summed E-state index contributed by atoms with van der Waals surface area (Å²) in [6.07, 6.45) is 17.2. The van der Waals surface area contributed by atoms with Gasteiger partial charge in [0, 0.05) is 0 Å². The van der Waals surface area contributed by atoms with Crippen molar-refractivity contribution in [2.45, 2.75) is 83.5 Å². The highest BCUT2D eigenvalue weighted by atomic mass is 19.3. The molecule has 0 nitrogen and oxygen atoms in total. The molecule has 0 radical (unpaired) electrons. The first-order valence-corrected chi connectivity index (χ1v) is 9.75. The molecule has 3 fully saturated rings. The van der Waals surface area contributed by atoms with Crippen LogP contribution in [0.4, 0.5) is 8.78 Å². The first-order chi connectivity index (χ1) is 10.7. The Bertz CT molecular complexity index is 350. The molecule has 0 amide bonds. The molecule has 0 saturated heterocycles. The summed E-state index contributed by atoms with van der Waals surface area (Å²) >= 11 is 0. The fraction of sp³-hybridized carbons (Fsp3) is 0.900. The summed E-state index contributed by atoms with van der Waals surface area (Å²) in [5.74, 6) is 3.93. The van der Waals surface area contributed by atoms with Crippen molar-refractivity contribution in [3.05, 3.63) is 12.2 Å². The van der Waals surface area contributed by atoms with Crippen LogP contribution in [0, 0.1) is 29.6 Å². The number of rotatable bonds is 3. The fourth-order valence-corrected chi connectivity index (χ4v) is 5.65. The first kappa shape index (κ1) is 16.5. The van der Waals surface area contributed by atoms with Crippen LogP contribution in [-0.2, 0) is 0 Å². The van der Waals surface area contributed by atoms with Crippen LogP contribution in [0.15, 0.2) is 12.2 Å². The molecular formula is C20H32F2. The molecule has 0 aliphatic heterocycles. The summed E-state index contributed by atoms with van der Waals surface area (Å²) in [7, 11) is 0. The summed E-state index contributed by atoms with van der Waals surface area (Å²) in [6.45, 7) is 0. The molecule has 22 heavy (non-hydrogen) atoms. The summed E-state index contributed by atoms with van der Waals surface area (Å²) in [4.78, 5) is 0. The van der Waals surface area contributed by atoms with Gasteiger partial charge in [0.25, 0.3) is 6.08 Å². The second-order valence-electron chi connectivity index (χ2n) is 8.20. The predicted octanol–water partition coefficient (Wildman–Crippen LogP) is 6.96. The highest BCUT2D eigenvalue weighted by molar-refractivity contribution is 4.92. The summed E-state index contributed by atoms with van der Waals surface area (Å²) < 4.78 is 24.7. The Hall–Kier alpha value is -0.400. The van der Waals surface area contributed by atoms with Gasteiger partial charge in [-0.05, 0) is 87.0 Å². The molecule has 0 aromatic rings.